The molecular formula is C21H33ClN2O3. The van der Waals surface area contributed by atoms with Crippen LogP contribution in [0, 0.1) is 23.7 Å². The summed E-state index contributed by atoms with van der Waals surface area (Å²) in [6.07, 6.45) is 3.13. The molecule has 0 unspecified atom stereocenters. The van der Waals surface area contributed by atoms with Gasteiger partial charge in [-0.25, -0.2) is 0 Å². The normalized spacial score (nSPS) is 23.2. The van der Waals surface area contributed by atoms with Crippen molar-refractivity contribution in [1.82, 2.24) is 5.32 Å². The fourth-order valence-electron chi connectivity index (χ4n) is 3.91. The molecule has 0 saturated heterocycles. The summed E-state index contributed by atoms with van der Waals surface area (Å²) in [5, 5.41) is 2.84. The van der Waals surface area contributed by atoms with Crippen LogP contribution in [0.3, 0.4) is 0 Å². The third-order valence-electron chi connectivity index (χ3n) is 5.44. The zero-order valence-corrected chi connectivity index (χ0v) is 17.3. The second kappa shape index (κ2) is 11.3. The van der Waals surface area contributed by atoms with Crippen LogP contribution >= 0.6 is 12.4 Å². The number of nitrogens with one attached hydrogen (secondary N) is 1. The number of halogens is 1. The number of ether oxygens (including phenoxy) is 1. The van der Waals surface area contributed by atoms with Crippen LogP contribution < -0.4 is 11.1 Å². The lowest BCUT2D eigenvalue weighted by Gasteiger charge is -2.36. The Bertz CT molecular complexity index is 594. The van der Waals surface area contributed by atoms with Crippen molar-refractivity contribution >= 4 is 24.3 Å². The molecule has 2 rings (SSSR count). The topological polar surface area (TPSA) is 81.4 Å². The number of hydrogen-bond acceptors (Lipinski definition) is 4. The molecule has 27 heavy (non-hydrogen) atoms. The van der Waals surface area contributed by atoms with Crippen LogP contribution in [0.1, 0.15) is 51.6 Å². The molecule has 4 atom stereocenters. The Morgan fingerprint density at radius 1 is 1.22 bits per heavy atom. The van der Waals surface area contributed by atoms with Gasteiger partial charge in [-0.2, -0.15) is 0 Å². The van der Waals surface area contributed by atoms with Crippen molar-refractivity contribution in [3.05, 3.63) is 35.9 Å². The van der Waals surface area contributed by atoms with E-state index in [-0.39, 0.29) is 49.4 Å². The lowest BCUT2D eigenvalue weighted by molar-refractivity contribution is -0.154. The number of benzene rings is 1. The van der Waals surface area contributed by atoms with E-state index >= 15 is 0 Å². The maximum Gasteiger partial charge on any atom is 0.309 e. The van der Waals surface area contributed by atoms with Gasteiger partial charge < -0.3 is 15.8 Å². The van der Waals surface area contributed by atoms with Gasteiger partial charge in [-0.1, -0.05) is 57.5 Å². The molecule has 1 aliphatic carbocycles. The van der Waals surface area contributed by atoms with Crippen LogP contribution in [0.2, 0.25) is 0 Å². The second-order valence-corrected chi connectivity index (χ2v) is 7.80. The number of amides is 1. The highest BCUT2D eigenvalue weighted by Gasteiger charge is 2.36. The van der Waals surface area contributed by atoms with Crippen LogP contribution in [0.15, 0.2) is 30.3 Å². The highest BCUT2D eigenvalue weighted by atomic mass is 35.5. The molecular weight excluding hydrogens is 364 g/mol. The Balaban J connectivity index is 0.00000364. The summed E-state index contributed by atoms with van der Waals surface area (Å²) in [5.41, 5.74) is 6.32. The molecule has 3 N–H and O–H groups in total. The quantitative estimate of drug-likeness (QED) is 0.691. The summed E-state index contributed by atoms with van der Waals surface area (Å²) in [5.74, 6) is 0.915. The van der Waals surface area contributed by atoms with Crippen molar-refractivity contribution in [2.45, 2.75) is 46.1 Å². The van der Waals surface area contributed by atoms with Crippen LogP contribution in [0.5, 0.6) is 0 Å². The first kappa shape index (κ1) is 23.4. The molecule has 0 aromatic heterocycles. The number of hydrogen-bond donors (Lipinski definition) is 2. The monoisotopic (exact) mass is 396 g/mol. The Morgan fingerprint density at radius 3 is 2.48 bits per heavy atom. The third-order valence-corrected chi connectivity index (χ3v) is 5.44. The SMILES string of the molecule is CC(C)[C@@H]1CC[C@@H](C)C[C@H]1C(=O)OC[C@@H](NC(=O)CN)c1ccccc1.Cl. The molecule has 0 radical (unpaired) electrons. The number of rotatable bonds is 7. The summed E-state index contributed by atoms with van der Waals surface area (Å²) >= 11 is 0. The Hall–Kier alpha value is -1.59. The molecule has 1 saturated carbocycles. The van der Waals surface area contributed by atoms with E-state index in [1.807, 2.05) is 30.3 Å². The van der Waals surface area contributed by atoms with Crippen LogP contribution in [-0.2, 0) is 14.3 Å². The van der Waals surface area contributed by atoms with Crippen molar-refractivity contribution in [3.8, 4) is 0 Å². The molecule has 1 aliphatic rings. The lowest BCUT2D eigenvalue weighted by atomic mass is 9.70. The fourth-order valence-corrected chi connectivity index (χ4v) is 3.91. The zero-order chi connectivity index (χ0) is 19.1. The molecule has 1 fully saturated rings. The molecule has 5 nitrogen and oxygen atoms in total. The van der Waals surface area contributed by atoms with Crippen LogP contribution in [0.4, 0.5) is 0 Å². The highest BCUT2D eigenvalue weighted by molar-refractivity contribution is 5.85. The van der Waals surface area contributed by atoms with Crippen LogP contribution in [0.25, 0.3) is 0 Å². The zero-order valence-electron chi connectivity index (χ0n) is 16.5. The minimum atomic E-state index is -0.380. The maximum atomic E-state index is 12.8. The molecule has 0 bridgehead atoms. The number of nitrogens with two attached hydrogens (primary N) is 1. The summed E-state index contributed by atoms with van der Waals surface area (Å²) in [6, 6.07) is 9.15. The maximum absolute atomic E-state index is 12.8. The Morgan fingerprint density at radius 2 is 1.89 bits per heavy atom. The van der Waals surface area contributed by atoms with E-state index in [0.29, 0.717) is 17.8 Å². The minimum Gasteiger partial charge on any atom is -0.463 e. The predicted octanol–water partition coefficient (Wildman–Crippen LogP) is 3.48. The Kier molecular flexibility index (Phi) is 9.81. The summed E-state index contributed by atoms with van der Waals surface area (Å²) in [7, 11) is 0. The largest absolute Gasteiger partial charge is 0.463 e. The van der Waals surface area contributed by atoms with Gasteiger partial charge in [0.05, 0.1) is 18.5 Å². The molecule has 0 aliphatic heterocycles. The molecule has 0 spiro atoms. The molecule has 1 amide bonds. The fraction of sp³-hybridized carbons (Fsp3) is 0.619. The summed E-state index contributed by atoms with van der Waals surface area (Å²) in [4.78, 5) is 24.5. The van der Waals surface area contributed by atoms with E-state index in [9.17, 15) is 9.59 Å². The van der Waals surface area contributed by atoms with E-state index in [1.165, 1.54) is 6.42 Å². The van der Waals surface area contributed by atoms with Gasteiger partial charge in [0.15, 0.2) is 0 Å². The summed E-state index contributed by atoms with van der Waals surface area (Å²) in [6.45, 7) is 6.59. The van der Waals surface area contributed by atoms with Crippen molar-refractivity contribution in [2.75, 3.05) is 13.2 Å². The van der Waals surface area contributed by atoms with Gasteiger partial charge in [-0.05, 0) is 36.2 Å². The minimum absolute atomic E-state index is 0. The molecule has 1 aromatic rings. The average molecular weight is 397 g/mol. The van der Waals surface area contributed by atoms with E-state index in [2.05, 4.69) is 26.1 Å². The van der Waals surface area contributed by atoms with E-state index in [4.69, 9.17) is 10.5 Å². The van der Waals surface area contributed by atoms with Crippen LogP contribution in [-0.4, -0.2) is 25.0 Å². The second-order valence-electron chi connectivity index (χ2n) is 7.80. The van der Waals surface area contributed by atoms with Crippen molar-refractivity contribution in [3.63, 3.8) is 0 Å². The van der Waals surface area contributed by atoms with Gasteiger partial charge in [0, 0.05) is 0 Å². The van der Waals surface area contributed by atoms with E-state index in [0.717, 1.165) is 18.4 Å². The van der Waals surface area contributed by atoms with Crippen molar-refractivity contribution in [1.29, 1.82) is 0 Å². The van der Waals surface area contributed by atoms with Crippen molar-refractivity contribution < 1.29 is 14.3 Å². The first-order chi connectivity index (χ1) is 12.4. The van der Waals surface area contributed by atoms with Gasteiger partial charge in [0.25, 0.3) is 0 Å². The highest BCUT2D eigenvalue weighted by Crippen LogP contribution is 2.38. The smallest absolute Gasteiger partial charge is 0.309 e. The summed E-state index contributed by atoms with van der Waals surface area (Å²) < 4.78 is 5.68. The first-order valence-corrected chi connectivity index (χ1v) is 9.63. The van der Waals surface area contributed by atoms with Gasteiger partial charge in [-0.15, -0.1) is 12.4 Å². The van der Waals surface area contributed by atoms with Crippen molar-refractivity contribution in [2.24, 2.45) is 29.4 Å². The van der Waals surface area contributed by atoms with Gasteiger partial charge in [0.2, 0.25) is 5.91 Å². The number of esters is 1. The number of carbonyl (C=O) groups excluding carboxylic acids is 2. The first-order valence-electron chi connectivity index (χ1n) is 9.63. The molecule has 152 valence electrons. The van der Waals surface area contributed by atoms with Gasteiger partial charge >= 0.3 is 5.97 Å². The van der Waals surface area contributed by atoms with Gasteiger partial charge in [-0.3, -0.25) is 9.59 Å². The third kappa shape index (κ3) is 6.82. The lowest BCUT2D eigenvalue weighted by Crippen LogP contribution is -2.38. The number of carbonyl (C=O) groups is 2. The molecule has 0 heterocycles. The van der Waals surface area contributed by atoms with Gasteiger partial charge in [0.1, 0.15) is 6.61 Å². The molecule has 1 aromatic carbocycles. The molecule has 6 heteroatoms. The Labute approximate surface area is 168 Å². The van der Waals surface area contributed by atoms with E-state index < -0.39 is 0 Å². The predicted molar refractivity (Wildman–Crippen MR) is 109 cm³/mol. The van der Waals surface area contributed by atoms with E-state index in [1.54, 1.807) is 0 Å². The average Bonchev–Trinajstić information content (AvgIpc) is 2.64. The standard InChI is InChI=1S/C21H32N2O3.ClH/c1-14(2)17-10-9-15(3)11-18(17)21(25)26-13-19(23-20(24)12-22)16-7-5-4-6-8-16;/h4-8,14-15,17-19H,9-13,22H2,1-3H3,(H,23,24);1H/t15-,17+,18-,19-;/m1./s1.